The van der Waals surface area contributed by atoms with Crippen LogP contribution in [-0.2, 0) is 0 Å². The first-order valence-corrected chi connectivity index (χ1v) is 6.60. The van der Waals surface area contributed by atoms with Crippen LogP contribution in [0.5, 0.6) is 0 Å². The van der Waals surface area contributed by atoms with Gasteiger partial charge in [0.1, 0.15) is 0 Å². The van der Waals surface area contributed by atoms with Gasteiger partial charge in [-0.15, -0.1) is 0 Å². The Morgan fingerprint density at radius 3 is 2.56 bits per heavy atom. The maximum atomic E-state index is 12.3. The van der Waals surface area contributed by atoms with Gasteiger partial charge in [0.05, 0.1) is 10.6 Å². The second-order valence-electron chi connectivity index (χ2n) is 4.78. The Kier molecular flexibility index (Phi) is 4.19. The van der Waals surface area contributed by atoms with E-state index in [2.05, 4.69) is 23.7 Å². The van der Waals surface area contributed by atoms with Crippen LogP contribution in [0.2, 0.25) is 5.02 Å². The molecule has 0 bridgehead atoms. The van der Waals surface area contributed by atoms with Crippen molar-refractivity contribution in [2.45, 2.75) is 19.9 Å². The summed E-state index contributed by atoms with van der Waals surface area (Å²) in [5.74, 6) is 0.00538. The molecular weight excluding hydrogens is 250 g/mol. The lowest BCUT2D eigenvalue weighted by Crippen LogP contribution is -2.50. The van der Waals surface area contributed by atoms with Gasteiger partial charge in [0.15, 0.2) is 0 Å². The number of pyridine rings is 1. The molecule has 1 amide bonds. The molecule has 1 fully saturated rings. The predicted molar refractivity (Wildman–Crippen MR) is 71.9 cm³/mol. The van der Waals surface area contributed by atoms with Crippen LogP contribution < -0.4 is 0 Å². The van der Waals surface area contributed by atoms with Crippen molar-refractivity contribution in [2.75, 3.05) is 26.2 Å². The molecule has 2 heterocycles. The van der Waals surface area contributed by atoms with E-state index in [9.17, 15) is 4.79 Å². The molecule has 1 aromatic rings. The fraction of sp³-hybridized carbons (Fsp3) is 0.538. The molecule has 0 aromatic carbocycles. The number of carbonyl (C=O) groups excluding carboxylic acids is 1. The maximum absolute atomic E-state index is 12.3. The number of piperazine rings is 1. The standard InChI is InChI=1S/C13H18ClN3O/c1-10(2)16-5-7-17(8-6-16)13(18)11-3-4-15-9-12(11)14/h3-4,9-10H,5-8H2,1-2H3. The maximum Gasteiger partial charge on any atom is 0.255 e. The first kappa shape index (κ1) is 13.3. The highest BCUT2D eigenvalue weighted by Gasteiger charge is 2.24. The Morgan fingerprint density at radius 1 is 1.33 bits per heavy atom. The van der Waals surface area contributed by atoms with Gasteiger partial charge in [-0.25, -0.2) is 0 Å². The second-order valence-corrected chi connectivity index (χ2v) is 5.18. The molecule has 0 atom stereocenters. The number of hydrogen-bond acceptors (Lipinski definition) is 3. The minimum atomic E-state index is 0.00538. The van der Waals surface area contributed by atoms with E-state index in [-0.39, 0.29) is 5.91 Å². The Labute approximate surface area is 113 Å². The van der Waals surface area contributed by atoms with Gasteiger partial charge in [0.25, 0.3) is 5.91 Å². The molecule has 2 rings (SSSR count). The smallest absolute Gasteiger partial charge is 0.255 e. The molecule has 18 heavy (non-hydrogen) atoms. The highest BCUT2D eigenvalue weighted by Crippen LogP contribution is 2.17. The van der Waals surface area contributed by atoms with Crippen LogP contribution in [0.4, 0.5) is 0 Å². The highest BCUT2D eigenvalue weighted by atomic mass is 35.5. The topological polar surface area (TPSA) is 36.4 Å². The fourth-order valence-corrected chi connectivity index (χ4v) is 2.36. The number of rotatable bonds is 2. The number of halogens is 1. The molecule has 1 aliphatic rings. The third-order valence-corrected chi connectivity index (χ3v) is 3.64. The lowest BCUT2D eigenvalue weighted by Gasteiger charge is -2.37. The van der Waals surface area contributed by atoms with E-state index in [1.54, 1.807) is 12.3 Å². The van der Waals surface area contributed by atoms with E-state index in [1.807, 2.05) is 4.90 Å². The molecular formula is C13H18ClN3O. The van der Waals surface area contributed by atoms with Gasteiger partial charge in [-0.3, -0.25) is 14.7 Å². The average molecular weight is 268 g/mol. The van der Waals surface area contributed by atoms with Gasteiger partial charge in [-0.05, 0) is 19.9 Å². The molecule has 1 saturated heterocycles. The number of hydrogen-bond donors (Lipinski definition) is 0. The Morgan fingerprint density at radius 2 is 2.00 bits per heavy atom. The molecule has 98 valence electrons. The summed E-state index contributed by atoms with van der Waals surface area (Å²) >= 11 is 6.00. The van der Waals surface area contributed by atoms with Crippen LogP contribution in [0.3, 0.4) is 0 Å². The minimum absolute atomic E-state index is 0.00538. The van der Waals surface area contributed by atoms with Gasteiger partial charge in [-0.2, -0.15) is 0 Å². The van der Waals surface area contributed by atoms with Gasteiger partial charge < -0.3 is 4.90 Å². The Bertz CT molecular complexity index is 428. The number of carbonyl (C=O) groups is 1. The fourth-order valence-electron chi connectivity index (χ4n) is 2.16. The first-order valence-electron chi connectivity index (χ1n) is 6.22. The van der Waals surface area contributed by atoms with Gasteiger partial charge >= 0.3 is 0 Å². The zero-order valence-electron chi connectivity index (χ0n) is 10.8. The van der Waals surface area contributed by atoms with E-state index >= 15 is 0 Å². The lowest BCUT2D eigenvalue weighted by atomic mass is 10.2. The van der Waals surface area contributed by atoms with Crippen molar-refractivity contribution >= 4 is 17.5 Å². The quantitative estimate of drug-likeness (QED) is 0.821. The van der Waals surface area contributed by atoms with Crippen LogP contribution in [0.1, 0.15) is 24.2 Å². The number of nitrogens with zero attached hydrogens (tertiary/aromatic N) is 3. The van der Waals surface area contributed by atoms with Crippen LogP contribution >= 0.6 is 11.6 Å². The Balaban J connectivity index is 2.02. The molecule has 0 saturated carbocycles. The van der Waals surface area contributed by atoms with Crippen LogP contribution in [0, 0.1) is 0 Å². The second kappa shape index (κ2) is 5.67. The highest BCUT2D eigenvalue weighted by molar-refractivity contribution is 6.33. The van der Waals surface area contributed by atoms with Crippen molar-refractivity contribution in [3.63, 3.8) is 0 Å². The predicted octanol–water partition coefficient (Wildman–Crippen LogP) is 1.90. The molecule has 0 aliphatic carbocycles. The summed E-state index contributed by atoms with van der Waals surface area (Å²) in [5, 5.41) is 0.425. The van der Waals surface area contributed by atoms with Crippen molar-refractivity contribution in [3.8, 4) is 0 Å². The van der Waals surface area contributed by atoms with Gasteiger partial charge in [0.2, 0.25) is 0 Å². The summed E-state index contributed by atoms with van der Waals surface area (Å²) in [7, 11) is 0. The zero-order valence-corrected chi connectivity index (χ0v) is 11.5. The molecule has 4 nitrogen and oxygen atoms in total. The third-order valence-electron chi connectivity index (χ3n) is 3.33. The molecule has 0 unspecified atom stereocenters. The van der Waals surface area contributed by atoms with Crippen LogP contribution in [0.15, 0.2) is 18.5 Å². The minimum Gasteiger partial charge on any atom is -0.336 e. The Hall–Kier alpha value is -1.13. The molecule has 0 spiro atoms. The lowest BCUT2D eigenvalue weighted by molar-refractivity contribution is 0.0595. The number of amides is 1. The normalized spacial score (nSPS) is 17.2. The van der Waals surface area contributed by atoms with E-state index in [1.165, 1.54) is 6.20 Å². The summed E-state index contributed by atoms with van der Waals surface area (Å²) in [4.78, 5) is 20.4. The molecule has 5 heteroatoms. The van der Waals surface area contributed by atoms with E-state index in [0.29, 0.717) is 16.6 Å². The van der Waals surface area contributed by atoms with Crippen LogP contribution in [0.25, 0.3) is 0 Å². The largest absolute Gasteiger partial charge is 0.336 e. The SMILES string of the molecule is CC(C)N1CCN(C(=O)c2ccncc2Cl)CC1. The van der Waals surface area contributed by atoms with E-state index in [4.69, 9.17) is 11.6 Å². The van der Waals surface area contributed by atoms with Crippen molar-refractivity contribution in [2.24, 2.45) is 0 Å². The van der Waals surface area contributed by atoms with Crippen molar-refractivity contribution in [1.29, 1.82) is 0 Å². The molecule has 0 N–H and O–H groups in total. The summed E-state index contributed by atoms with van der Waals surface area (Å²) in [6, 6.07) is 2.21. The molecule has 1 aliphatic heterocycles. The van der Waals surface area contributed by atoms with Gasteiger partial charge in [-0.1, -0.05) is 11.6 Å². The van der Waals surface area contributed by atoms with Gasteiger partial charge in [0, 0.05) is 44.6 Å². The molecule has 0 radical (unpaired) electrons. The first-order chi connectivity index (χ1) is 8.59. The van der Waals surface area contributed by atoms with E-state index in [0.717, 1.165) is 26.2 Å². The van der Waals surface area contributed by atoms with Crippen molar-refractivity contribution < 1.29 is 4.79 Å². The zero-order chi connectivity index (χ0) is 13.1. The summed E-state index contributed by atoms with van der Waals surface area (Å²) in [6.45, 7) is 7.72. The van der Waals surface area contributed by atoms with Crippen molar-refractivity contribution in [3.05, 3.63) is 29.0 Å². The van der Waals surface area contributed by atoms with E-state index < -0.39 is 0 Å². The third kappa shape index (κ3) is 2.82. The average Bonchev–Trinajstić information content (AvgIpc) is 2.38. The monoisotopic (exact) mass is 267 g/mol. The number of aromatic nitrogens is 1. The van der Waals surface area contributed by atoms with Crippen LogP contribution in [-0.4, -0.2) is 52.9 Å². The summed E-state index contributed by atoms with van der Waals surface area (Å²) < 4.78 is 0. The van der Waals surface area contributed by atoms with Crippen molar-refractivity contribution in [1.82, 2.24) is 14.8 Å². The molecule has 1 aromatic heterocycles. The summed E-state index contributed by atoms with van der Waals surface area (Å²) in [5.41, 5.74) is 0.546. The summed E-state index contributed by atoms with van der Waals surface area (Å²) in [6.07, 6.45) is 3.11.